The average Bonchev–Trinajstić information content (AvgIpc) is 3.29. The van der Waals surface area contributed by atoms with Gasteiger partial charge in [-0.25, -0.2) is 9.67 Å². The summed E-state index contributed by atoms with van der Waals surface area (Å²) in [5, 5.41) is 4.47. The van der Waals surface area contributed by atoms with Gasteiger partial charge >= 0.3 is 0 Å². The molecular weight excluding hydrogens is 512 g/mol. The number of piperidine rings is 1. The van der Waals surface area contributed by atoms with Gasteiger partial charge in [0.05, 0.1) is 6.54 Å². The number of amides is 2. The first-order chi connectivity index (χ1) is 19.8. The van der Waals surface area contributed by atoms with Crippen molar-refractivity contribution in [2.24, 2.45) is 5.92 Å². The van der Waals surface area contributed by atoms with E-state index in [0.29, 0.717) is 38.6 Å². The van der Waals surface area contributed by atoms with Crippen molar-refractivity contribution >= 4 is 17.5 Å². The Bertz CT molecular complexity index is 1340. The molecule has 2 bridgehead atoms. The highest BCUT2D eigenvalue weighted by atomic mass is 16.2. The molecule has 2 aliphatic heterocycles. The van der Waals surface area contributed by atoms with Crippen molar-refractivity contribution in [3.8, 4) is 0 Å². The van der Waals surface area contributed by atoms with Crippen molar-refractivity contribution in [2.75, 3.05) is 18.0 Å². The van der Waals surface area contributed by atoms with Crippen LogP contribution in [-0.2, 0) is 29.2 Å². The standard InChI is InChI=1S/C33H44N6O2/c1-24(2)33(41)37-19-17-29-14-10-15-30(38(29)21-27-11-6-5-7-12-27)23-36(22-28-13-8-9-16-31(28)37)32(40)18-20-39-26(4)34-25(3)35-39/h5-9,11-13,16,24,29-30H,10,14-15,17-23H2,1-4H3. The van der Waals surface area contributed by atoms with Crippen molar-refractivity contribution in [1.29, 1.82) is 0 Å². The van der Waals surface area contributed by atoms with E-state index in [0.717, 1.165) is 55.1 Å². The smallest absolute Gasteiger partial charge is 0.229 e. The molecule has 2 aromatic carbocycles. The third kappa shape index (κ3) is 6.87. The van der Waals surface area contributed by atoms with Gasteiger partial charge in [0.25, 0.3) is 0 Å². The molecule has 0 aliphatic carbocycles. The molecule has 0 saturated carbocycles. The molecule has 41 heavy (non-hydrogen) atoms. The molecule has 5 rings (SSSR count). The number of para-hydroxylation sites is 1. The predicted octanol–water partition coefficient (Wildman–Crippen LogP) is 5.13. The molecule has 0 spiro atoms. The molecule has 2 atom stereocenters. The monoisotopic (exact) mass is 556 g/mol. The van der Waals surface area contributed by atoms with E-state index in [-0.39, 0.29) is 23.8 Å². The topological polar surface area (TPSA) is 74.6 Å². The van der Waals surface area contributed by atoms with Crippen molar-refractivity contribution in [2.45, 2.75) is 91.5 Å². The molecule has 3 aromatic rings. The molecule has 2 amide bonds. The third-order valence-corrected chi connectivity index (χ3v) is 8.59. The Morgan fingerprint density at radius 1 is 0.951 bits per heavy atom. The summed E-state index contributed by atoms with van der Waals surface area (Å²) in [4.78, 5) is 38.6. The van der Waals surface area contributed by atoms with E-state index < -0.39 is 0 Å². The molecule has 218 valence electrons. The number of benzene rings is 2. The number of hydrogen-bond donors (Lipinski definition) is 0. The van der Waals surface area contributed by atoms with Crippen molar-refractivity contribution in [3.63, 3.8) is 0 Å². The van der Waals surface area contributed by atoms with E-state index in [9.17, 15) is 9.59 Å². The number of anilines is 1. The maximum atomic E-state index is 14.0. The van der Waals surface area contributed by atoms with E-state index in [4.69, 9.17) is 0 Å². The SMILES string of the molecule is Cc1nc(C)n(CCC(=O)N2Cc3ccccc3N(C(=O)C(C)C)CCC3CCCC(C2)N3Cc2ccccc2)n1. The normalized spacial score (nSPS) is 20.0. The summed E-state index contributed by atoms with van der Waals surface area (Å²) in [5.74, 6) is 1.67. The Balaban J connectivity index is 1.50. The summed E-state index contributed by atoms with van der Waals surface area (Å²) in [6.45, 7) is 10.9. The van der Waals surface area contributed by atoms with E-state index in [1.807, 2.05) is 60.4 Å². The summed E-state index contributed by atoms with van der Waals surface area (Å²) in [6.07, 6.45) is 4.56. The Kier molecular flexibility index (Phi) is 9.18. The van der Waals surface area contributed by atoms with Crippen LogP contribution < -0.4 is 4.90 Å². The number of rotatable bonds is 6. The fourth-order valence-electron chi connectivity index (χ4n) is 6.47. The number of carbonyl (C=O) groups excluding carboxylic acids is 2. The van der Waals surface area contributed by atoms with E-state index >= 15 is 0 Å². The molecule has 8 heteroatoms. The van der Waals surface area contributed by atoms with Gasteiger partial charge in [-0.15, -0.1) is 0 Å². The highest BCUT2D eigenvalue weighted by Gasteiger charge is 2.35. The minimum absolute atomic E-state index is 0.107. The van der Waals surface area contributed by atoms with Crippen LogP contribution in [0.15, 0.2) is 54.6 Å². The summed E-state index contributed by atoms with van der Waals surface area (Å²) >= 11 is 0. The Morgan fingerprint density at radius 2 is 1.68 bits per heavy atom. The van der Waals surface area contributed by atoms with Crippen LogP contribution in [0.2, 0.25) is 0 Å². The summed E-state index contributed by atoms with van der Waals surface area (Å²) in [7, 11) is 0. The van der Waals surface area contributed by atoms with Gasteiger partial charge in [-0.05, 0) is 50.3 Å². The van der Waals surface area contributed by atoms with E-state index in [1.54, 1.807) is 0 Å². The Labute approximate surface area is 244 Å². The van der Waals surface area contributed by atoms with Crippen LogP contribution in [-0.4, -0.2) is 61.6 Å². The van der Waals surface area contributed by atoms with Crippen LogP contribution in [0.3, 0.4) is 0 Å². The molecule has 0 N–H and O–H groups in total. The molecule has 0 radical (unpaired) electrons. The minimum atomic E-state index is -0.111. The number of fused-ring (bicyclic) bond motifs is 3. The van der Waals surface area contributed by atoms with E-state index in [2.05, 4.69) is 51.4 Å². The lowest BCUT2D eigenvalue weighted by Crippen LogP contribution is -2.52. The zero-order valence-electron chi connectivity index (χ0n) is 25.0. The first-order valence-corrected chi connectivity index (χ1v) is 15.1. The molecule has 1 fully saturated rings. The number of aromatic nitrogens is 3. The first-order valence-electron chi connectivity index (χ1n) is 15.1. The first kappa shape index (κ1) is 29.0. The second-order valence-corrected chi connectivity index (χ2v) is 11.9. The minimum Gasteiger partial charge on any atom is -0.337 e. The van der Waals surface area contributed by atoms with Crippen LogP contribution in [0.4, 0.5) is 5.69 Å². The zero-order chi connectivity index (χ0) is 28.9. The van der Waals surface area contributed by atoms with Crippen LogP contribution >= 0.6 is 0 Å². The Hall–Kier alpha value is -3.52. The lowest BCUT2D eigenvalue weighted by molar-refractivity contribution is -0.133. The van der Waals surface area contributed by atoms with Crippen molar-refractivity contribution in [3.05, 3.63) is 77.4 Å². The summed E-state index contributed by atoms with van der Waals surface area (Å²) < 4.78 is 1.83. The lowest BCUT2D eigenvalue weighted by atomic mass is 9.92. The zero-order valence-corrected chi connectivity index (χ0v) is 25.0. The van der Waals surface area contributed by atoms with Crippen LogP contribution in [0.25, 0.3) is 0 Å². The van der Waals surface area contributed by atoms with Gasteiger partial charge in [0, 0.05) is 56.3 Å². The maximum Gasteiger partial charge on any atom is 0.229 e. The molecule has 2 aliphatic rings. The van der Waals surface area contributed by atoms with Gasteiger partial charge in [0.2, 0.25) is 11.8 Å². The number of nitrogens with zero attached hydrogens (tertiary/aromatic N) is 6. The van der Waals surface area contributed by atoms with E-state index in [1.165, 1.54) is 5.56 Å². The lowest BCUT2D eigenvalue weighted by Gasteiger charge is -2.44. The van der Waals surface area contributed by atoms with Crippen LogP contribution in [0.5, 0.6) is 0 Å². The molecular formula is C33H44N6O2. The molecule has 8 nitrogen and oxygen atoms in total. The van der Waals surface area contributed by atoms with Crippen molar-refractivity contribution in [1.82, 2.24) is 24.6 Å². The molecule has 1 aromatic heterocycles. The average molecular weight is 557 g/mol. The largest absolute Gasteiger partial charge is 0.337 e. The van der Waals surface area contributed by atoms with Crippen molar-refractivity contribution < 1.29 is 9.59 Å². The van der Waals surface area contributed by atoms with Gasteiger partial charge in [-0.3, -0.25) is 14.5 Å². The highest BCUT2D eigenvalue weighted by Crippen LogP contribution is 2.32. The number of hydrogen-bond acceptors (Lipinski definition) is 5. The summed E-state index contributed by atoms with van der Waals surface area (Å²) in [5.41, 5.74) is 3.24. The predicted molar refractivity (Wildman–Crippen MR) is 161 cm³/mol. The molecule has 2 unspecified atom stereocenters. The van der Waals surface area contributed by atoms with Gasteiger partial charge in [0.15, 0.2) is 0 Å². The maximum absolute atomic E-state index is 14.0. The van der Waals surface area contributed by atoms with Gasteiger partial charge in [0.1, 0.15) is 11.6 Å². The molecule has 3 heterocycles. The quantitative estimate of drug-likeness (QED) is 0.421. The highest BCUT2D eigenvalue weighted by molar-refractivity contribution is 5.95. The summed E-state index contributed by atoms with van der Waals surface area (Å²) in [6, 6.07) is 19.4. The van der Waals surface area contributed by atoms with Crippen LogP contribution in [0.1, 0.15) is 68.7 Å². The second kappa shape index (κ2) is 13.0. The fourth-order valence-corrected chi connectivity index (χ4v) is 6.47. The molecule has 1 saturated heterocycles. The number of aryl methyl sites for hydroxylation is 3. The number of carbonyl (C=O) groups is 2. The fraction of sp³-hybridized carbons (Fsp3) is 0.515. The van der Waals surface area contributed by atoms with Gasteiger partial charge in [-0.1, -0.05) is 68.8 Å². The van der Waals surface area contributed by atoms with Crippen LogP contribution in [0, 0.1) is 19.8 Å². The Morgan fingerprint density at radius 3 is 2.41 bits per heavy atom. The second-order valence-electron chi connectivity index (χ2n) is 11.9. The third-order valence-electron chi connectivity index (χ3n) is 8.59. The van der Waals surface area contributed by atoms with Gasteiger partial charge < -0.3 is 9.80 Å². The van der Waals surface area contributed by atoms with Gasteiger partial charge in [-0.2, -0.15) is 5.10 Å².